The fourth-order valence-electron chi connectivity index (χ4n) is 2.67. The van der Waals surface area contributed by atoms with Gasteiger partial charge in [-0.15, -0.1) is 0 Å². The highest BCUT2D eigenvalue weighted by atomic mass is 16.5. The van der Waals surface area contributed by atoms with E-state index in [0.717, 1.165) is 31.8 Å². The molecule has 5 heteroatoms. The number of nitrogens with one attached hydrogen (secondary N) is 1. The Bertz CT molecular complexity index is 458. The molecule has 1 atom stereocenters. The minimum atomic E-state index is 0.163. The molecule has 2 aliphatic rings. The van der Waals surface area contributed by atoms with Gasteiger partial charge in [0.2, 0.25) is 5.91 Å². The maximum absolute atomic E-state index is 12.3. The molecule has 102 valence electrons. The summed E-state index contributed by atoms with van der Waals surface area (Å²) < 4.78 is 5.38. The summed E-state index contributed by atoms with van der Waals surface area (Å²) in [6.45, 7) is 3.68. The minimum Gasteiger partial charge on any atom is -0.378 e. The predicted molar refractivity (Wildman–Crippen MR) is 70.6 cm³/mol. The Hall–Kier alpha value is -1.46. The van der Waals surface area contributed by atoms with E-state index in [1.807, 2.05) is 17.2 Å². The summed E-state index contributed by atoms with van der Waals surface area (Å²) in [6.07, 6.45) is 3.20. The van der Waals surface area contributed by atoms with Crippen LogP contribution in [0.15, 0.2) is 18.3 Å². The standard InChI is InChI=1S/C14H19N3O2/c18-14(8-12-10-19-7-5-15-12)17-6-3-13-11(9-17)2-1-4-16-13/h1-2,4,12,15H,3,5-10H2. The molecule has 1 N–H and O–H groups in total. The topological polar surface area (TPSA) is 54.5 Å². The second-order valence-electron chi connectivity index (χ2n) is 5.10. The van der Waals surface area contributed by atoms with Crippen LogP contribution in [0, 0.1) is 0 Å². The maximum Gasteiger partial charge on any atom is 0.224 e. The van der Waals surface area contributed by atoms with E-state index in [1.54, 1.807) is 0 Å². The highest BCUT2D eigenvalue weighted by Gasteiger charge is 2.24. The Morgan fingerprint density at radius 3 is 3.37 bits per heavy atom. The second-order valence-corrected chi connectivity index (χ2v) is 5.10. The fraction of sp³-hybridized carbons (Fsp3) is 0.571. The van der Waals surface area contributed by atoms with Crippen LogP contribution in [0.4, 0.5) is 0 Å². The predicted octanol–water partition coefficient (Wildman–Crippen LogP) is 0.345. The molecule has 0 saturated carbocycles. The summed E-state index contributed by atoms with van der Waals surface area (Å²) in [5.41, 5.74) is 2.31. The van der Waals surface area contributed by atoms with E-state index in [9.17, 15) is 4.79 Å². The van der Waals surface area contributed by atoms with E-state index in [-0.39, 0.29) is 11.9 Å². The first kappa shape index (κ1) is 12.6. The molecular weight excluding hydrogens is 242 g/mol. The van der Waals surface area contributed by atoms with Crippen molar-refractivity contribution < 1.29 is 9.53 Å². The van der Waals surface area contributed by atoms with Crippen molar-refractivity contribution in [3.8, 4) is 0 Å². The number of morpholine rings is 1. The molecule has 3 heterocycles. The van der Waals surface area contributed by atoms with Crippen LogP contribution in [-0.2, 0) is 22.5 Å². The first-order valence-electron chi connectivity index (χ1n) is 6.84. The lowest BCUT2D eigenvalue weighted by molar-refractivity contribution is -0.133. The molecule has 1 unspecified atom stereocenters. The number of hydrogen-bond acceptors (Lipinski definition) is 4. The monoisotopic (exact) mass is 261 g/mol. The zero-order valence-corrected chi connectivity index (χ0v) is 11.0. The van der Waals surface area contributed by atoms with Crippen LogP contribution in [0.5, 0.6) is 0 Å². The molecule has 1 aromatic heterocycles. The number of amides is 1. The Morgan fingerprint density at radius 2 is 2.53 bits per heavy atom. The number of carbonyl (C=O) groups excluding carboxylic acids is 1. The second kappa shape index (κ2) is 5.67. The van der Waals surface area contributed by atoms with Gasteiger partial charge >= 0.3 is 0 Å². The lowest BCUT2D eigenvalue weighted by atomic mass is 10.0. The third-order valence-corrected chi connectivity index (χ3v) is 3.74. The van der Waals surface area contributed by atoms with Gasteiger partial charge in [-0.05, 0) is 11.6 Å². The average molecular weight is 261 g/mol. The van der Waals surface area contributed by atoms with Crippen LogP contribution in [0.3, 0.4) is 0 Å². The van der Waals surface area contributed by atoms with Crippen LogP contribution in [-0.4, -0.2) is 48.1 Å². The van der Waals surface area contributed by atoms with Gasteiger partial charge in [0, 0.05) is 50.4 Å². The molecule has 0 aromatic carbocycles. The highest BCUT2D eigenvalue weighted by molar-refractivity contribution is 5.77. The molecule has 0 bridgehead atoms. The third-order valence-electron chi connectivity index (χ3n) is 3.74. The SMILES string of the molecule is O=C(CC1COCCN1)N1CCc2ncccc2C1. The molecule has 5 nitrogen and oxygen atoms in total. The van der Waals surface area contributed by atoms with Gasteiger partial charge in [-0.3, -0.25) is 9.78 Å². The van der Waals surface area contributed by atoms with Crippen molar-refractivity contribution in [2.75, 3.05) is 26.3 Å². The Balaban J connectivity index is 1.59. The summed E-state index contributed by atoms with van der Waals surface area (Å²) in [4.78, 5) is 18.6. The highest BCUT2D eigenvalue weighted by Crippen LogP contribution is 2.17. The van der Waals surface area contributed by atoms with Gasteiger partial charge in [0.15, 0.2) is 0 Å². The van der Waals surface area contributed by atoms with Crippen LogP contribution < -0.4 is 5.32 Å². The molecule has 0 spiro atoms. The van der Waals surface area contributed by atoms with Crippen molar-refractivity contribution in [3.63, 3.8) is 0 Å². The van der Waals surface area contributed by atoms with Gasteiger partial charge in [0.25, 0.3) is 0 Å². The number of fused-ring (bicyclic) bond motifs is 1. The number of ether oxygens (including phenoxy) is 1. The molecular formula is C14H19N3O2. The zero-order valence-electron chi connectivity index (χ0n) is 11.0. The maximum atomic E-state index is 12.3. The summed E-state index contributed by atoms with van der Waals surface area (Å²) in [7, 11) is 0. The van der Waals surface area contributed by atoms with Crippen molar-refractivity contribution in [3.05, 3.63) is 29.6 Å². The van der Waals surface area contributed by atoms with Crippen molar-refractivity contribution in [2.45, 2.75) is 25.4 Å². The van der Waals surface area contributed by atoms with Gasteiger partial charge in [0.05, 0.1) is 13.2 Å². The third kappa shape index (κ3) is 2.93. The number of rotatable bonds is 2. The van der Waals surface area contributed by atoms with Crippen molar-refractivity contribution in [2.24, 2.45) is 0 Å². The van der Waals surface area contributed by atoms with Crippen molar-refractivity contribution in [1.29, 1.82) is 0 Å². The number of aromatic nitrogens is 1. The molecule has 0 aliphatic carbocycles. The largest absolute Gasteiger partial charge is 0.378 e. The average Bonchev–Trinajstić information content (AvgIpc) is 2.48. The molecule has 1 aromatic rings. The van der Waals surface area contributed by atoms with Gasteiger partial charge in [0.1, 0.15) is 0 Å². The van der Waals surface area contributed by atoms with E-state index in [1.165, 1.54) is 5.56 Å². The lowest BCUT2D eigenvalue weighted by Gasteiger charge is -2.30. The number of pyridine rings is 1. The van der Waals surface area contributed by atoms with E-state index >= 15 is 0 Å². The quantitative estimate of drug-likeness (QED) is 0.834. The van der Waals surface area contributed by atoms with E-state index in [2.05, 4.69) is 16.4 Å². The van der Waals surface area contributed by atoms with Gasteiger partial charge in [-0.2, -0.15) is 0 Å². The Labute approximate surface area is 113 Å². The van der Waals surface area contributed by atoms with Crippen LogP contribution >= 0.6 is 0 Å². The first-order valence-corrected chi connectivity index (χ1v) is 6.84. The normalized spacial score (nSPS) is 22.9. The van der Waals surface area contributed by atoms with Crippen LogP contribution in [0.2, 0.25) is 0 Å². The molecule has 3 rings (SSSR count). The zero-order chi connectivity index (χ0) is 13.1. The smallest absolute Gasteiger partial charge is 0.224 e. The van der Waals surface area contributed by atoms with Gasteiger partial charge in [-0.1, -0.05) is 6.07 Å². The molecule has 1 amide bonds. The van der Waals surface area contributed by atoms with E-state index < -0.39 is 0 Å². The minimum absolute atomic E-state index is 0.163. The van der Waals surface area contributed by atoms with E-state index in [0.29, 0.717) is 19.6 Å². The van der Waals surface area contributed by atoms with Crippen molar-refractivity contribution in [1.82, 2.24) is 15.2 Å². The van der Waals surface area contributed by atoms with Crippen LogP contribution in [0.1, 0.15) is 17.7 Å². The molecule has 1 saturated heterocycles. The number of carbonyl (C=O) groups is 1. The fourth-order valence-corrected chi connectivity index (χ4v) is 2.67. The van der Waals surface area contributed by atoms with Gasteiger partial charge < -0.3 is 15.0 Å². The molecule has 19 heavy (non-hydrogen) atoms. The van der Waals surface area contributed by atoms with Crippen LogP contribution in [0.25, 0.3) is 0 Å². The van der Waals surface area contributed by atoms with Gasteiger partial charge in [-0.25, -0.2) is 0 Å². The Morgan fingerprint density at radius 1 is 1.58 bits per heavy atom. The Kier molecular flexibility index (Phi) is 3.75. The number of hydrogen-bond donors (Lipinski definition) is 1. The summed E-state index contributed by atoms with van der Waals surface area (Å²) in [5.74, 6) is 0.206. The molecule has 1 fully saturated rings. The summed E-state index contributed by atoms with van der Waals surface area (Å²) in [6, 6.07) is 4.16. The summed E-state index contributed by atoms with van der Waals surface area (Å²) >= 11 is 0. The van der Waals surface area contributed by atoms with Crippen molar-refractivity contribution >= 4 is 5.91 Å². The summed E-state index contributed by atoms with van der Waals surface area (Å²) in [5, 5.41) is 3.32. The number of nitrogens with zero attached hydrogens (tertiary/aromatic N) is 2. The molecule has 0 radical (unpaired) electrons. The van der Waals surface area contributed by atoms with E-state index in [4.69, 9.17) is 4.74 Å². The molecule has 2 aliphatic heterocycles. The first-order chi connectivity index (χ1) is 9.33. The lowest BCUT2D eigenvalue weighted by Crippen LogP contribution is -2.46.